The summed E-state index contributed by atoms with van der Waals surface area (Å²) in [5.41, 5.74) is 0. The van der Waals surface area contributed by atoms with Crippen LogP contribution in [0.4, 0.5) is 0 Å². The van der Waals surface area contributed by atoms with E-state index in [4.69, 9.17) is 37.0 Å². The normalized spacial score (nSPS) is 14.0. The van der Waals surface area contributed by atoms with Crippen LogP contribution >= 0.6 is 15.6 Å². The molecule has 0 saturated heterocycles. The number of unbranched alkanes of at least 4 members (excludes halogenated alkanes) is 45. The zero-order valence-electron chi connectivity index (χ0n) is 62.0. The van der Waals surface area contributed by atoms with Gasteiger partial charge in [-0.25, -0.2) is 9.13 Å². The van der Waals surface area contributed by atoms with Crippen molar-refractivity contribution < 1.29 is 80.2 Å². The number of aliphatic hydroxyl groups is 1. The fourth-order valence-corrected chi connectivity index (χ4v) is 13.2. The van der Waals surface area contributed by atoms with Crippen LogP contribution in [0.3, 0.4) is 0 Å². The van der Waals surface area contributed by atoms with Gasteiger partial charge in [-0.3, -0.25) is 37.3 Å². The molecule has 0 radical (unpaired) electrons. The van der Waals surface area contributed by atoms with E-state index in [-0.39, 0.29) is 25.7 Å². The van der Waals surface area contributed by atoms with Crippen molar-refractivity contribution in [2.75, 3.05) is 39.6 Å². The third kappa shape index (κ3) is 70.3. The van der Waals surface area contributed by atoms with E-state index in [2.05, 4.69) is 41.5 Å². The molecule has 0 aromatic rings. The van der Waals surface area contributed by atoms with Crippen LogP contribution in [-0.2, 0) is 65.4 Å². The first-order valence-electron chi connectivity index (χ1n) is 39.5. The lowest BCUT2D eigenvalue weighted by atomic mass is 10.0. The molecule has 19 heteroatoms. The van der Waals surface area contributed by atoms with Crippen LogP contribution in [0.1, 0.15) is 395 Å². The van der Waals surface area contributed by atoms with Gasteiger partial charge in [-0.1, -0.05) is 343 Å². The first-order valence-corrected chi connectivity index (χ1v) is 42.5. The molecule has 5 atom stereocenters. The van der Waals surface area contributed by atoms with Gasteiger partial charge in [0.15, 0.2) is 12.2 Å². The molecule has 0 spiro atoms. The van der Waals surface area contributed by atoms with E-state index in [1.54, 1.807) is 0 Å². The molecule has 0 heterocycles. The van der Waals surface area contributed by atoms with Crippen molar-refractivity contribution in [1.82, 2.24) is 0 Å². The van der Waals surface area contributed by atoms with Crippen molar-refractivity contribution in [2.45, 2.75) is 413 Å². The molecule has 0 aliphatic heterocycles. The third-order valence-corrected chi connectivity index (χ3v) is 19.6. The molecule has 2 unspecified atom stereocenters. The zero-order valence-corrected chi connectivity index (χ0v) is 63.8. The Kier molecular flexibility index (Phi) is 66.5. The number of rotatable bonds is 75. The maximum atomic E-state index is 13.1. The summed E-state index contributed by atoms with van der Waals surface area (Å²) in [6.45, 7) is 9.55. The van der Waals surface area contributed by atoms with Gasteiger partial charge in [0.25, 0.3) is 0 Å². The highest BCUT2D eigenvalue weighted by atomic mass is 31.2. The molecule has 95 heavy (non-hydrogen) atoms. The molecule has 17 nitrogen and oxygen atoms in total. The van der Waals surface area contributed by atoms with E-state index in [0.29, 0.717) is 25.7 Å². The maximum Gasteiger partial charge on any atom is 0.472 e. The van der Waals surface area contributed by atoms with Gasteiger partial charge >= 0.3 is 39.5 Å². The van der Waals surface area contributed by atoms with E-state index in [1.807, 2.05) is 0 Å². The Balaban J connectivity index is 5.18. The molecule has 0 fully saturated rings. The first-order chi connectivity index (χ1) is 45.9. The molecule has 0 aliphatic rings. The number of ether oxygens (including phenoxy) is 4. The van der Waals surface area contributed by atoms with Crippen LogP contribution in [0.25, 0.3) is 0 Å². The van der Waals surface area contributed by atoms with Crippen LogP contribution in [0.15, 0.2) is 0 Å². The van der Waals surface area contributed by atoms with Crippen molar-refractivity contribution in [2.24, 2.45) is 11.8 Å². The lowest BCUT2D eigenvalue weighted by molar-refractivity contribution is -0.161. The second kappa shape index (κ2) is 67.9. The van der Waals surface area contributed by atoms with E-state index in [9.17, 15) is 43.2 Å². The fraction of sp³-hybridized carbons (Fsp3) is 0.947. The first kappa shape index (κ1) is 93.1. The Morgan fingerprint density at radius 2 is 0.484 bits per heavy atom. The number of esters is 4. The molecule has 0 rings (SSSR count). The molecule has 0 aromatic carbocycles. The van der Waals surface area contributed by atoms with Crippen molar-refractivity contribution in [3.8, 4) is 0 Å². The number of phosphoric ester groups is 2. The van der Waals surface area contributed by atoms with Gasteiger partial charge in [0, 0.05) is 25.7 Å². The van der Waals surface area contributed by atoms with E-state index < -0.39 is 97.5 Å². The van der Waals surface area contributed by atoms with Gasteiger partial charge in [0.05, 0.1) is 26.4 Å². The summed E-state index contributed by atoms with van der Waals surface area (Å²) >= 11 is 0. The number of aliphatic hydroxyl groups excluding tert-OH is 1. The Bertz CT molecular complexity index is 1840. The van der Waals surface area contributed by atoms with Gasteiger partial charge in [0.1, 0.15) is 19.3 Å². The molecule has 3 N–H and O–H groups in total. The summed E-state index contributed by atoms with van der Waals surface area (Å²) in [6.07, 6.45) is 55.7. The Hall–Kier alpha value is -1.94. The van der Waals surface area contributed by atoms with Crippen LogP contribution in [0, 0.1) is 11.8 Å². The van der Waals surface area contributed by atoms with Crippen molar-refractivity contribution in [1.29, 1.82) is 0 Å². The highest BCUT2D eigenvalue weighted by Crippen LogP contribution is 2.45. The number of hydrogen-bond acceptors (Lipinski definition) is 15. The molecular weight excluding hydrogens is 1250 g/mol. The van der Waals surface area contributed by atoms with Crippen LogP contribution in [0.2, 0.25) is 0 Å². The summed E-state index contributed by atoms with van der Waals surface area (Å²) in [4.78, 5) is 72.6. The van der Waals surface area contributed by atoms with Gasteiger partial charge in [-0.15, -0.1) is 0 Å². The van der Waals surface area contributed by atoms with E-state index >= 15 is 0 Å². The fourth-order valence-electron chi connectivity index (χ4n) is 11.7. The standard InChI is InChI=1S/C76H148O17P2/c1-7-9-11-13-15-16-17-18-19-20-21-22-23-24-27-31-36-42-48-54-60-75(80)93-72(65-87-74(79)59-53-47-41-35-30-28-25-26-29-33-39-44-50-56-68(3)4)67-91-95(84,85)89-63-70(77)62-88-94(82,83)90-66-71(64-86-73(78)58-52-46-38-14-12-10-8-2)92-76(81)61-55-49-43-37-32-34-40-45-51-57-69(5)6/h68-72,77H,7-67H2,1-6H3,(H,82,83)(H,84,85)/t70-,71+,72+/m0/s1. The van der Waals surface area contributed by atoms with E-state index in [1.165, 1.54) is 199 Å². The largest absolute Gasteiger partial charge is 0.472 e. The lowest BCUT2D eigenvalue weighted by Crippen LogP contribution is -2.30. The highest BCUT2D eigenvalue weighted by molar-refractivity contribution is 7.47. The SMILES string of the molecule is CCCCCCCCCCCCCCCCCCCCCCC(=O)O[C@H](COC(=O)CCCCCCCCCCCCCCCC(C)C)COP(=O)(O)OC[C@@H](O)COP(=O)(O)OC[C@@H](COC(=O)CCCCCCCCC)OC(=O)CCCCCCCCCCCC(C)C. The predicted octanol–water partition coefficient (Wildman–Crippen LogP) is 22.3. The van der Waals surface area contributed by atoms with Gasteiger partial charge < -0.3 is 33.8 Å². The molecule has 0 aliphatic carbocycles. The van der Waals surface area contributed by atoms with Crippen LogP contribution in [0.5, 0.6) is 0 Å². The predicted molar refractivity (Wildman–Crippen MR) is 386 cm³/mol. The highest BCUT2D eigenvalue weighted by Gasteiger charge is 2.30. The Morgan fingerprint density at radius 1 is 0.284 bits per heavy atom. The summed E-state index contributed by atoms with van der Waals surface area (Å²) < 4.78 is 68.4. The average Bonchev–Trinajstić information content (AvgIpc) is 1.42. The monoisotopic (exact) mass is 1400 g/mol. The zero-order chi connectivity index (χ0) is 70.0. The molecule has 0 amide bonds. The van der Waals surface area contributed by atoms with E-state index in [0.717, 1.165) is 115 Å². The summed E-state index contributed by atoms with van der Waals surface area (Å²) in [5.74, 6) is -0.593. The van der Waals surface area contributed by atoms with Crippen molar-refractivity contribution in [3.05, 3.63) is 0 Å². The average molecular weight is 1400 g/mol. The molecular formula is C76H148O17P2. The summed E-state index contributed by atoms with van der Waals surface area (Å²) in [7, 11) is -9.90. The summed E-state index contributed by atoms with van der Waals surface area (Å²) in [5, 5.41) is 10.6. The molecule has 0 aromatic heterocycles. The lowest BCUT2D eigenvalue weighted by Gasteiger charge is -2.21. The number of hydrogen-bond donors (Lipinski definition) is 3. The van der Waals surface area contributed by atoms with Crippen molar-refractivity contribution >= 4 is 39.5 Å². The Morgan fingerprint density at radius 3 is 0.716 bits per heavy atom. The second-order valence-electron chi connectivity index (χ2n) is 28.3. The van der Waals surface area contributed by atoms with Gasteiger partial charge in [0.2, 0.25) is 0 Å². The number of carbonyl (C=O) groups excluding carboxylic acids is 4. The molecule has 0 bridgehead atoms. The van der Waals surface area contributed by atoms with Gasteiger partial charge in [-0.05, 0) is 37.5 Å². The minimum atomic E-state index is -4.96. The number of carbonyl (C=O) groups is 4. The van der Waals surface area contributed by atoms with Crippen LogP contribution < -0.4 is 0 Å². The Labute approximate surface area is 581 Å². The smallest absolute Gasteiger partial charge is 0.462 e. The van der Waals surface area contributed by atoms with Gasteiger partial charge in [-0.2, -0.15) is 0 Å². The van der Waals surface area contributed by atoms with Crippen molar-refractivity contribution in [3.63, 3.8) is 0 Å². The number of phosphoric acid groups is 2. The molecule has 0 saturated carbocycles. The minimum absolute atomic E-state index is 0.105. The molecule has 564 valence electrons. The quantitative estimate of drug-likeness (QED) is 0.0222. The second-order valence-corrected chi connectivity index (χ2v) is 31.3. The third-order valence-electron chi connectivity index (χ3n) is 17.7. The van der Waals surface area contributed by atoms with Crippen LogP contribution in [-0.4, -0.2) is 96.7 Å². The minimum Gasteiger partial charge on any atom is -0.462 e. The summed E-state index contributed by atoms with van der Waals surface area (Å²) in [6, 6.07) is 0. The topological polar surface area (TPSA) is 237 Å². The maximum absolute atomic E-state index is 13.1.